The summed E-state index contributed by atoms with van der Waals surface area (Å²) in [5.41, 5.74) is 0.848. The molecule has 2 aromatic rings. The summed E-state index contributed by atoms with van der Waals surface area (Å²) in [7, 11) is 0. The second-order valence-electron chi connectivity index (χ2n) is 5.69. The third-order valence-electron chi connectivity index (χ3n) is 3.80. The SMILES string of the molecule is O=C(O)C(c1cc(Br)c(Cl)s1)N(C(=O)OCc1ccccc1)C1CC1. The van der Waals surface area contributed by atoms with Gasteiger partial charge in [-0.2, -0.15) is 0 Å². The first-order valence-corrected chi connectivity index (χ1v) is 9.62. The van der Waals surface area contributed by atoms with Crippen LogP contribution in [0.4, 0.5) is 4.79 Å². The molecule has 1 unspecified atom stereocenters. The number of thiophene rings is 1. The third-order valence-corrected chi connectivity index (χ3v) is 6.33. The van der Waals surface area contributed by atoms with Crippen molar-refractivity contribution in [3.8, 4) is 0 Å². The first-order valence-electron chi connectivity index (χ1n) is 7.64. The highest BCUT2D eigenvalue weighted by Gasteiger charge is 2.43. The van der Waals surface area contributed by atoms with Gasteiger partial charge in [0.15, 0.2) is 6.04 Å². The largest absolute Gasteiger partial charge is 0.479 e. The van der Waals surface area contributed by atoms with Crippen molar-refractivity contribution in [3.63, 3.8) is 0 Å². The highest BCUT2D eigenvalue weighted by atomic mass is 79.9. The van der Waals surface area contributed by atoms with E-state index in [0.717, 1.165) is 29.7 Å². The average molecular weight is 445 g/mol. The Balaban J connectivity index is 1.80. The summed E-state index contributed by atoms with van der Waals surface area (Å²) in [5, 5.41) is 9.71. The number of carbonyl (C=O) groups is 2. The summed E-state index contributed by atoms with van der Waals surface area (Å²) in [5.74, 6) is -1.10. The second-order valence-corrected chi connectivity index (χ2v) is 8.23. The van der Waals surface area contributed by atoms with Crippen molar-refractivity contribution in [2.75, 3.05) is 0 Å². The van der Waals surface area contributed by atoms with E-state index < -0.39 is 18.1 Å². The molecule has 0 radical (unpaired) electrons. The van der Waals surface area contributed by atoms with Gasteiger partial charge in [0.1, 0.15) is 10.9 Å². The van der Waals surface area contributed by atoms with Gasteiger partial charge in [-0.05, 0) is 40.4 Å². The summed E-state index contributed by atoms with van der Waals surface area (Å²) in [6.45, 7) is 0.101. The van der Waals surface area contributed by atoms with Crippen LogP contribution in [0, 0.1) is 0 Å². The quantitative estimate of drug-likeness (QED) is 0.674. The molecular weight excluding hydrogens is 430 g/mol. The van der Waals surface area contributed by atoms with Crippen molar-refractivity contribution in [2.24, 2.45) is 0 Å². The van der Waals surface area contributed by atoms with Gasteiger partial charge in [0.05, 0.1) is 0 Å². The molecular formula is C17H15BrClNO4S. The fourth-order valence-electron chi connectivity index (χ4n) is 2.49. The van der Waals surface area contributed by atoms with Crippen LogP contribution in [0.5, 0.6) is 0 Å². The maximum Gasteiger partial charge on any atom is 0.411 e. The van der Waals surface area contributed by atoms with Crippen molar-refractivity contribution < 1.29 is 19.4 Å². The maximum absolute atomic E-state index is 12.6. The smallest absolute Gasteiger partial charge is 0.411 e. The molecule has 1 saturated carbocycles. The molecule has 1 aliphatic rings. The number of carbonyl (C=O) groups excluding carboxylic acids is 1. The van der Waals surface area contributed by atoms with E-state index in [1.54, 1.807) is 6.07 Å². The Bertz CT molecular complexity index is 759. The number of carboxylic acids is 1. The van der Waals surface area contributed by atoms with E-state index in [1.165, 1.54) is 4.90 Å². The molecule has 132 valence electrons. The van der Waals surface area contributed by atoms with Crippen LogP contribution < -0.4 is 0 Å². The number of carboxylic acid groups (broad SMARTS) is 1. The Labute approximate surface area is 162 Å². The van der Waals surface area contributed by atoms with Gasteiger partial charge in [0, 0.05) is 15.4 Å². The minimum atomic E-state index is -1.11. The van der Waals surface area contributed by atoms with Gasteiger partial charge in [0.2, 0.25) is 0 Å². The Morgan fingerprint density at radius 3 is 2.56 bits per heavy atom. The van der Waals surface area contributed by atoms with E-state index in [2.05, 4.69) is 15.9 Å². The molecule has 1 aliphatic carbocycles. The molecule has 0 saturated heterocycles. The van der Waals surface area contributed by atoms with Crippen LogP contribution >= 0.6 is 38.9 Å². The number of amides is 1. The molecule has 1 aromatic heterocycles. The zero-order valence-corrected chi connectivity index (χ0v) is 16.2. The molecule has 0 spiro atoms. The van der Waals surface area contributed by atoms with E-state index in [4.69, 9.17) is 16.3 Å². The zero-order chi connectivity index (χ0) is 18.0. The Morgan fingerprint density at radius 2 is 2.04 bits per heavy atom. The number of ether oxygens (including phenoxy) is 1. The maximum atomic E-state index is 12.6. The van der Waals surface area contributed by atoms with Crippen molar-refractivity contribution in [2.45, 2.75) is 31.5 Å². The lowest BCUT2D eigenvalue weighted by Gasteiger charge is -2.27. The van der Waals surface area contributed by atoms with Crippen molar-refractivity contribution >= 4 is 50.9 Å². The van der Waals surface area contributed by atoms with Gasteiger partial charge >= 0.3 is 12.1 Å². The molecule has 1 heterocycles. The first kappa shape index (κ1) is 18.2. The fraction of sp³-hybridized carbons (Fsp3) is 0.294. The van der Waals surface area contributed by atoms with Crippen molar-refractivity contribution in [3.05, 3.63) is 55.6 Å². The fourth-order valence-corrected chi connectivity index (χ4v) is 4.32. The van der Waals surface area contributed by atoms with Crippen LogP contribution in [0.2, 0.25) is 4.34 Å². The van der Waals surface area contributed by atoms with Gasteiger partial charge in [-0.25, -0.2) is 9.59 Å². The van der Waals surface area contributed by atoms with E-state index in [-0.39, 0.29) is 12.6 Å². The van der Waals surface area contributed by atoms with Crippen LogP contribution in [0.25, 0.3) is 0 Å². The molecule has 0 bridgehead atoms. The highest BCUT2D eigenvalue weighted by Crippen LogP contribution is 2.41. The van der Waals surface area contributed by atoms with Crippen LogP contribution in [-0.4, -0.2) is 28.1 Å². The topological polar surface area (TPSA) is 66.8 Å². The molecule has 3 rings (SSSR count). The normalized spacial score (nSPS) is 14.8. The zero-order valence-electron chi connectivity index (χ0n) is 13.0. The highest BCUT2D eigenvalue weighted by molar-refractivity contribution is 9.10. The number of nitrogens with zero attached hydrogens (tertiary/aromatic N) is 1. The molecule has 0 aliphatic heterocycles. The van der Waals surface area contributed by atoms with E-state index in [0.29, 0.717) is 13.7 Å². The van der Waals surface area contributed by atoms with E-state index in [9.17, 15) is 14.7 Å². The Hall–Kier alpha value is -1.57. The molecule has 25 heavy (non-hydrogen) atoms. The predicted molar refractivity (Wildman–Crippen MR) is 98.9 cm³/mol. The van der Waals surface area contributed by atoms with Gasteiger partial charge in [-0.15, -0.1) is 11.3 Å². The summed E-state index contributed by atoms with van der Waals surface area (Å²) in [4.78, 5) is 26.3. The lowest BCUT2D eigenvalue weighted by atomic mass is 10.2. The summed E-state index contributed by atoms with van der Waals surface area (Å²) in [6, 6.07) is 9.69. The molecule has 1 amide bonds. The van der Waals surface area contributed by atoms with Gasteiger partial charge in [-0.1, -0.05) is 41.9 Å². The number of benzene rings is 1. The molecule has 1 atom stereocenters. The van der Waals surface area contributed by atoms with Crippen molar-refractivity contribution in [1.29, 1.82) is 0 Å². The van der Waals surface area contributed by atoms with Crippen LogP contribution in [0.1, 0.15) is 29.3 Å². The number of hydrogen-bond donors (Lipinski definition) is 1. The third kappa shape index (κ3) is 4.34. The first-order chi connectivity index (χ1) is 12.0. The van der Waals surface area contributed by atoms with Crippen molar-refractivity contribution in [1.82, 2.24) is 4.90 Å². The summed E-state index contributed by atoms with van der Waals surface area (Å²) in [6.07, 6.45) is 0.911. The molecule has 1 aromatic carbocycles. The standard InChI is InChI=1S/C17H15BrClNO4S/c18-12-8-13(25-15(12)19)14(16(21)22)20(11-6-7-11)17(23)24-9-10-4-2-1-3-5-10/h1-5,8,11,14H,6-7,9H2,(H,21,22). The monoisotopic (exact) mass is 443 g/mol. The number of aliphatic carboxylic acids is 1. The number of rotatable bonds is 6. The van der Waals surface area contributed by atoms with E-state index >= 15 is 0 Å². The lowest BCUT2D eigenvalue weighted by Crippen LogP contribution is -2.40. The molecule has 1 N–H and O–H groups in total. The number of hydrogen-bond acceptors (Lipinski definition) is 4. The minimum absolute atomic E-state index is 0.101. The van der Waals surface area contributed by atoms with Crippen LogP contribution in [0.3, 0.4) is 0 Å². The predicted octanol–water partition coefficient (Wildman–Crippen LogP) is 5.09. The van der Waals surface area contributed by atoms with Gasteiger partial charge < -0.3 is 9.84 Å². The second kappa shape index (κ2) is 7.76. The number of halogens is 2. The lowest BCUT2D eigenvalue weighted by molar-refractivity contribution is -0.143. The van der Waals surface area contributed by atoms with Crippen LogP contribution in [-0.2, 0) is 16.1 Å². The minimum Gasteiger partial charge on any atom is -0.479 e. The Kier molecular flexibility index (Phi) is 5.66. The molecule has 5 nitrogen and oxygen atoms in total. The average Bonchev–Trinajstić information content (AvgIpc) is 3.36. The van der Waals surface area contributed by atoms with E-state index in [1.807, 2.05) is 30.3 Å². The Morgan fingerprint density at radius 1 is 1.36 bits per heavy atom. The van der Waals surface area contributed by atoms with Gasteiger partial charge in [0.25, 0.3) is 0 Å². The summed E-state index contributed by atoms with van der Waals surface area (Å²) >= 11 is 10.5. The molecule has 1 fully saturated rings. The van der Waals surface area contributed by atoms with Crippen LogP contribution in [0.15, 0.2) is 40.9 Å². The van der Waals surface area contributed by atoms with Gasteiger partial charge in [-0.3, -0.25) is 4.90 Å². The molecule has 8 heteroatoms. The summed E-state index contributed by atoms with van der Waals surface area (Å²) < 4.78 is 6.44.